The van der Waals surface area contributed by atoms with E-state index in [2.05, 4.69) is 43.0 Å². The van der Waals surface area contributed by atoms with Gasteiger partial charge in [0.1, 0.15) is 18.0 Å². The molecule has 6 N–H and O–H groups in total. The Morgan fingerprint density at radius 3 is 2.69 bits per heavy atom. The zero-order valence-corrected chi connectivity index (χ0v) is 18.4. The van der Waals surface area contributed by atoms with E-state index in [9.17, 15) is 18.6 Å². The van der Waals surface area contributed by atoms with E-state index in [4.69, 9.17) is 5.14 Å². The van der Waals surface area contributed by atoms with Gasteiger partial charge in [0.25, 0.3) is 0 Å². The highest BCUT2D eigenvalue weighted by Crippen LogP contribution is 2.34. The normalized spacial score (nSPS) is 27.7. The second kappa shape index (κ2) is 9.67. The fourth-order valence-corrected chi connectivity index (χ4v) is 4.99. The summed E-state index contributed by atoms with van der Waals surface area (Å²) >= 11 is 0. The van der Waals surface area contributed by atoms with Crippen LogP contribution in [0.2, 0.25) is 0 Å². The maximum absolute atomic E-state index is 11.0. The summed E-state index contributed by atoms with van der Waals surface area (Å²) in [7, 11) is -4.09. The van der Waals surface area contributed by atoms with E-state index >= 15 is 0 Å². The number of nitrogens with zero attached hydrogens (tertiary/aromatic N) is 2. The van der Waals surface area contributed by atoms with Crippen LogP contribution in [-0.4, -0.2) is 54.0 Å². The van der Waals surface area contributed by atoms with E-state index in [-0.39, 0.29) is 18.6 Å². The van der Waals surface area contributed by atoms with Gasteiger partial charge >= 0.3 is 10.3 Å². The van der Waals surface area contributed by atoms with Crippen LogP contribution in [0.25, 0.3) is 0 Å². The van der Waals surface area contributed by atoms with E-state index in [0.717, 1.165) is 19.3 Å². The van der Waals surface area contributed by atoms with Crippen LogP contribution >= 0.6 is 0 Å². The van der Waals surface area contributed by atoms with Gasteiger partial charge in [0.15, 0.2) is 0 Å². The van der Waals surface area contributed by atoms with Crippen molar-refractivity contribution in [2.24, 2.45) is 17.0 Å². The average Bonchev–Trinajstić information content (AvgIpc) is 3.04. The summed E-state index contributed by atoms with van der Waals surface area (Å²) in [4.78, 5) is 8.58. The summed E-state index contributed by atoms with van der Waals surface area (Å²) in [5.41, 5.74) is 2.65. The van der Waals surface area contributed by atoms with Crippen LogP contribution < -0.4 is 15.8 Å². The number of anilines is 2. The average molecular weight is 464 g/mol. The number of benzene rings is 1. The number of aliphatic hydroxyl groups excluding tert-OH is 2. The van der Waals surface area contributed by atoms with Gasteiger partial charge in [-0.3, -0.25) is 4.18 Å². The number of aryl methyl sites for hydroxylation is 1. The number of fused-ring (bicyclic) bond motifs is 1. The molecule has 1 fully saturated rings. The van der Waals surface area contributed by atoms with Crippen molar-refractivity contribution >= 4 is 21.9 Å². The first-order chi connectivity index (χ1) is 15.3. The molecule has 0 unspecified atom stereocenters. The van der Waals surface area contributed by atoms with Gasteiger partial charge in [-0.1, -0.05) is 24.3 Å². The van der Waals surface area contributed by atoms with E-state index < -0.39 is 28.4 Å². The molecule has 0 amide bonds. The fraction of sp³-hybridized carbons (Fsp3) is 0.524. The molecule has 11 heteroatoms. The van der Waals surface area contributed by atoms with E-state index in [1.165, 1.54) is 17.5 Å². The van der Waals surface area contributed by atoms with E-state index in [1.807, 2.05) is 12.1 Å². The third-order valence-electron chi connectivity index (χ3n) is 6.27. The number of hydrogen-bond donors (Lipinski definition) is 5. The number of nitrogens with two attached hydrogens (primary N) is 1. The molecule has 174 valence electrons. The first-order valence-corrected chi connectivity index (χ1v) is 12.2. The first kappa shape index (κ1) is 22.9. The standard InChI is InChI=1S/C21H29N5O5S/c22-32(29,30)31-11-15-8-14(20(27)21(15)28)10-23-18-9-19(25-12-24-18)26-17-7-3-5-13-4-1-2-6-16(13)17/h1-2,4,6,9,12,14-15,17,20-21,27-28H,3,5,7-8,10-11H2,(H2,22,29,30)(H2,23,24,25,26)/t14-,15+,17-,20-,21+/m0/s1. The lowest BCUT2D eigenvalue weighted by Crippen LogP contribution is -2.32. The zero-order valence-electron chi connectivity index (χ0n) is 17.6. The van der Waals surface area contributed by atoms with Crippen LogP contribution in [0.1, 0.15) is 36.4 Å². The van der Waals surface area contributed by atoms with Crippen LogP contribution in [0.3, 0.4) is 0 Å². The fourth-order valence-electron chi connectivity index (χ4n) is 4.63. The van der Waals surface area contributed by atoms with E-state index in [1.54, 1.807) is 0 Å². The molecule has 32 heavy (non-hydrogen) atoms. The van der Waals surface area contributed by atoms with Gasteiger partial charge in [-0.05, 0) is 36.8 Å². The summed E-state index contributed by atoms with van der Waals surface area (Å²) in [5, 5.41) is 32.0. The molecule has 0 spiro atoms. The number of aromatic nitrogens is 2. The first-order valence-electron chi connectivity index (χ1n) is 10.7. The maximum Gasteiger partial charge on any atom is 0.333 e. The van der Waals surface area contributed by atoms with Gasteiger partial charge in [0.05, 0.1) is 24.9 Å². The van der Waals surface area contributed by atoms with Gasteiger partial charge in [0.2, 0.25) is 0 Å². The Bertz CT molecular complexity index is 1040. The van der Waals surface area contributed by atoms with E-state index in [0.29, 0.717) is 24.6 Å². The monoisotopic (exact) mass is 463 g/mol. The lowest BCUT2D eigenvalue weighted by atomic mass is 9.88. The summed E-state index contributed by atoms with van der Waals surface area (Å²) in [5.74, 6) is 0.480. The lowest BCUT2D eigenvalue weighted by molar-refractivity contribution is -0.00162. The minimum absolute atomic E-state index is 0.189. The Labute approximate surface area is 187 Å². The SMILES string of the molecule is NS(=O)(=O)OC[C@H]1C[C@@H](CNc2cc(N[C@H]3CCCc4ccccc43)ncn2)[C@H](O)[C@@H]1O. The van der Waals surface area contributed by atoms with Crippen molar-refractivity contribution < 1.29 is 22.8 Å². The molecule has 2 aliphatic rings. The minimum Gasteiger partial charge on any atom is -0.390 e. The molecule has 0 saturated heterocycles. The molecule has 1 aromatic carbocycles. The molecule has 1 aromatic heterocycles. The van der Waals surface area contributed by atoms with Gasteiger partial charge in [0, 0.05) is 24.4 Å². The van der Waals surface area contributed by atoms with Crippen LogP contribution in [0.4, 0.5) is 11.6 Å². The molecule has 0 bridgehead atoms. The van der Waals surface area contributed by atoms with Gasteiger partial charge in [-0.25, -0.2) is 15.1 Å². The summed E-state index contributed by atoms with van der Waals surface area (Å²) in [6.45, 7) is 0.0881. The van der Waals surface area contributed by atoms with Crippen molar-refractivity contribution in [3.8, 4) is 0 Å². The number of rotatable bonds is 8. The maximum atomic E-state index is 11.0. The van der Waals surface area contributed by atoms with Gasteiger partial charge in [-0.15, -0.1) is 0 Å². The van der Waals surface area contributed by atoms with Crippen LogP contribution in [0.5, 0.6) is 0 Å². The molecular weight excluding hydrogens is 434 g/mol. The van der Waals surface area contributed by atoms with Crippen molar-refractivity contribution in [2.45, 2.75) is 43.9 Å². The zero-order chi connectivity index (χ0) is 22.7. The Balaban J connectivity index is 1.35. The topological polar surface area (TPSA) is 160 Å². The third kappa shape index (κ3) is 5.54. The van der Waals surface area contributed by atoms with Crippen LogP contribution in [0, 0.1) is 11.8 Å². The Morgan fingerprint density at radius 2 is 1.88 bits per heavy atom. The van der Waals surface area contributed by atoms with Gasteiger partial charge < -0.3 is 20.8 Å². The molecule has 10 nitrogen and oxygen atoms in total. The third-order valence-corrected chi connectivity index (χ3v) is 6.74. The molecule has 0 aliphatic heterocycles. The predicted octanol–water partition coefficient (Wildman–Crippen LogP) is 0.956. The Hall–Kier alpha value is -2.31. The smallest absolute Gasteiger partial charge is 0.333 e. The second-order valence-electron chi connectivity index (χ2n) is 8.47. The van der Waals surface area contributed by atoms with Gasteiger partial charge in [-0.2, -0.15) is 8.42 Å². The van der Waals surface area contributed by atoms with Crippen molar-refractivity contribution in [3.63, 3.8) is 0 Å². The summed E-state index contributed by atoms with van der Waals surface area (Å²) < 4.78 is 26.6. The van der Waals surface area contributed by atoms with Crippen molar-refractivity contribution in [3.05, 3.63) is 47.8 Å². The Morgan fingerprint density at radius 1 is 1.12 bits per heavy atom. The van der Waals surface area contributed by atoms with Crippen molar-refractivity contribution in [2.75, 3.05) is 23.8 Å². The molecule has 4 rings (SSSR count). The van der Waals surface area contributed by atoms with Crippen LogP contribution in [0.15, 0.2) is 36.7 Å². The molecule has 2 aromatic rings. The molecule has 1 saturated carbocycles. The Kier molecular flexibility index (Phi) is 6.91. The molecule has 0 radical (unpaired) electrons. The highest BCUT2D eigenvalue weighted by molar-refractivity contribution is 7.84. The van der Waals surface area contributed by atoms with Crippen molar-refractivity contribution in [1.29, 1.82) is 0 Å². The summed E-state index contributed by atoms with van der Waals surface area (Å²) in [6, 6.07) is 10.4. The molecular formula is C21H29N5O5S. The quantitative estimate of drug-likeness (QED) is 0.384. The minimum atomic E-state index is -4.09. The number of aliphatic hydroxyl groups is 2. The largest absolute Gasteiger partial charge is 0.390 e. The highest BCUT2D eigenvalue weighted by atomic mass is 32.2. The van der Waals surface area contributed by atoms with Crippen LogP contribution in [-0.2, 0) is 20.9 Å². The number of nitrogens with one attached hydrogen (secondary N) is 2. The predicted molar refractivity (Wildman–Crippen MR) is 119 cm³/mol. The highest BCUT2D eigenvalue weighted by Gasteiger charge is 2.41. The molecule has 2 aliphatic carbocycles. The lowest BCUT2D eigenvalue weighted by Gasteiger charge is -2.26. The molecule has 5 atom stereocenters. The second-order valence-corrected chi connectivity index (χ2v) is 9.69. The summed E-state index contributed by atoms with van der Waals surface area (Å²) in [6.07, 6.45) is 3.00. The number of hydrogen-bond acceptors (Lipinski definition) is 9. The van der Waals surface area contributed by atoms with Crippen molar-refractivity contribution in [1.82, 2.24) is 9.97 Å². The molecule has 1 heterocycles.